The molecule has 3 aliphatic heterocycles. The molecule has 3 rings (SSSR count). The van der Waals surface area contributed by atoms with Gasteiger partial charge in [-0.2, -0.15) is 0 Å². The van der Waals surface area contributed by atoms with Crippen LogP contribution in [-0.2, 0) is 72.4 Å². The first-order chi connectivity index (χ1) is 34.4. The van der Waals surface area contributed by atoms with E-state index in [1.807, 2.05) is 0 Å². The van der Waals surface area contributed by atoms with Crippen LogP contribution >= 0.6 is 0 Å². The van der Waals surface area contributed by atoms with Crippen molar-refractivity contribution >= 4 is 91.5 Å². The van der Waals surface area contributed by atoms with Crippen LogP contribution in [-0.4, -0.2) is 203 Å². The van der Waals surface area contributed by atoms with E-state index in [1.54, 1.807) is 0 Å². The molecule has 0 aromatic rings. The van der Waals surface area contributed by atoms with Gasteiger partial charge in [-0.1, -0.05) is 0 Å². The van der Waals surface area contributed by atoms with E-state index in [4.69, 9.17) is 72.4 Å². The maximum absolute atomic E-state index is 7.96. The van der Waals surface area contributed by atoms with Gasteiger partial charge in [0, 0.05) is 0 Å². The second-order valence-electron chi connectivity index (χ2n) is 32.8. The zero-order chi connectivity index (χ0) is 60.7. The first-order valence-corrected chi connectivity index (χ1v) is 66.5. The molecule has 0 amide bonds. The minimum Gasteiger partial charge on any atom is -0.415 e. The average Bonchev–Trinajstić information content (AvgIpc) is 3.57. The Bertz CT molecular complexity index is 1850. The highest BCUT2D eigenvalue weighted by Gasteiger charge is 2.67. The molecule has 3 heterocycles. The van der Waals surface area contributed by atoms with E-state index in [9.17, 15) is 0 Å². The van der Waals surface area contributed by atoms with E-state index in [0.29, 0.717) is 6.61 Å². The van der Waals surface area contributed by atoms with E-state index in [0.717, 1.165) is 0 Å². The highest BCUT2D eigenvalue weighted by molar-refractivity contribution is 6.73. The molecule has 0 radical (unpaired) electrons. The molecule has 78 heavy (non-hydrogen) atoms. The van der Waals surface area contributed by atoms with Crippen LogP contribution in [0, 0.1) is 0 Å². The van der Waals surface area contributed by atoms with Crippen molar-refractivity contribution in [1.82, 2.24) is 0 Å². The summed E-state index contributed by atoms with van der Waals surface area (Å²) >= 11 is 0. The number of ether oxygens (including phenoxy) is 5. The van der Waals surface area contributed by atoms with Gasteiger partial charge in [0.2, 0.25) is 11.6 Å². The average molecular weight is 1300 g/mol. The number of rotatable bonds is 31. The molecule has 0 aromatic heterocycles. The SMILES string of the molecule is C[Si](C)(C)OC[C@@H]1O[C@@H](O[C@@]2(CO[C@@]3(CO[Si](C)(C)C)O[C@@H](CO[Si](C)(C)C)[C@H](O[Si](C)(C)C)[C@H]3O[Si](C)(C)C)O[C@@H](CO[Si](C)(C)C)[C@H](O[Si](C)(C)C)[C@H]2O[Si](C)(C)C)[C@@H](O[Si](C)(C)C)[C@H](O[Si](C)(C)C)[C@H]1O[Si](C)(C)C. The Hall–Kier alpha value is 1.75. The van der Waals surface area contributed by atoms with Crippen LogP contribution in [0.1, 0.15) is 0 Å². The molecule has 0 aromatic carbocycles. The Kier molecular flexibility index (Phi) is 25.2. The van der Waals surface area contributed by atoms with Crippen LogP contribution in [0.5, 0.6) is 0 Å². The molecule has 0 N–H and O–H groups in total. The van der Waals surface area contributed by atoms with Gasteiger partial charge in [0.25, 0.3) is 0 Å². The maximum Gasteiger partial charge on any atom is 0.223 e. The van der Waals surface area contributed by atoms with Crippen molar-refractivity contribution in [3.05, 3.63) is 0 Å². The van der Waals surface area contributed by atoms with Crippen molar-refractivity contribution < 1.29 is 72.4 Å². The van der Waals surface area contributed by atoms with E-state index >= 15 is 0 Å². The Labute approximate surface area is 488 Å². The summed E-state index contributed by atoms with van der Waals surface area (Å²) < 4.78 is 117. The van der Waals surface area contributed by atoms with Crippen molar-refractivity contribution in [2.45, 2.75) is 295 Å². The highest BCUT2D eigenvalue weighted by atomic mass is 28.4. The van der Waals surface area contributed by atoms with Crippen molar-refractivity contribution in [3.63, 3.8) is 0 Å². The van der Waals surface area contributed by atoms with Crippen LogP contribution in [0.4, 0.5) is 0 Å². The third-order valence-electron chi connectivity index (χ3n) is 11.5. The summed E-state index contributed by atoms with van der Waals surface area (Å²) in [6.07, 6.45) is -7.61. The highest BCUT2D eigenvalue weighted by Crippen LogP contribution is 2.47. The molecule has 3 aliphatic rings. The summed E-state index contributed by atoms with van der Waals surface area (Å²) in [6.45, 7) is 73.0. The number of hydrogen-bond donors (Lipinski definition) is 0. The molecular weight excluding hydrogens is 1180 g/mol. The first-order valence-electron chi connectivity index (χ1n) is 29.0. The third-order valence-corrected chi connectivity index (χ3v) is 22.4. The van der Waals surface area contributed by atoms with E-state index in [1.165, 1.54) is 0 Å². The predicted octanol–water partition coefficient (Wildman–Crippen LogP) is 12.9. The molecule has 0 saturated carbocycles. The summed E-state index contributed by atoms with van der Waals surface area (Å²) in [7, 11) is -25.3. The monoisotopic (exact) mass is 1300 g/mol. The second-order valence-corrected chi connectivity index (χ2v) is 82.1. The van der Waals surface area contributed by atoms with Crippen LogP contribution in [0.2, 0.25) is 216 Å². The molecule has 0 bridgehead atoms. The lowest BCUT2D eigenvalue weighted by Gasteiger charge is -2.52. The fraction of sp³-hybridized carbons (Fsp3) is 1.00. The molecule has 3 saturated heterocycles. The van der Waals surface area contributed by atoms with Crippen LogP contribution in [0.15, 0.2) is 0 Å². The van der Waals surface area contributed by atoms with Gasteiger partial charge in [-0.05, 0) is 216 Å². The Morgan fingerprint density at radius 1 is 0.282 bits per heavy atom. The van der Waals surface area contributed by atoms with Gasteiger partial charge in [0.1, 0.15) is 67.6 Å². The van der Waals surface area contributed by atoms with Crippen molar-refractivity contribution in [1.29, 1.82) is 0 Å². The van der Waals surface area contributed by atoms with Gasteiger partial charge in [0.05, 0.1) is 26.4 Å². The largest absolute Gasteiger partial charge is 0.415 e. The van der Waals surface area contributed by atoms with Gasteiger partial charge >= 0.3 is 0 Å². The molecule has 27 heteroatoms. The Balaban J connectivity index is 2.63. The summed E-state index contributed by atoms with van der Waals surface area (Å²) in [6, 6.07) is 0. The third kappa shape index (κ3) is 26.4. The minimum absolute atomic E-state index is 0.0543. The lowest BCUT2D eigenvalue weighted by molar-refractivity contribution is -0.394. The summed E-state index contributed by atoms with van der Waals surface area (Å²) in [4.78, 5) is 0. The van der Waals surface area contributed by atoms with Gasteiger partial charge in [-0.25, -0.2) is 0 Å². The minimum atomic E-state index is -2.54. The molecule has 3 fully saturated rings. The van der Waals surface area contributed by atoms with Gasteiger partial charge in [-0.3, -0.25) is 0 Å². The lowest BCUT2D eigenvalue weighted by atomic mass is 9.98. The molecule has 0 unspecified atom stereocenters. The van der Waals surface area contributed by atoms with Gasteiger partial charge < -0.3 is 72.4 Å². The normalized spacial score (nSPS) is 31.9. The van der Waals surface area contributed by atoms with Crippen LogP contribution in [0.3, 0.4) is 0 Å². The summed E-state index contributed by atoms with van der Waals surface area (Å²) in [5.41, 5.74) is 0. The molecular formula is C51H120O16Si11. The topological polar surface area (TPSA) is 148 Å². The van der Waals surface area contributed by atoms with E-state index < -0.39 is 170 Å². The summed E-state index contributed by atoms with van der Waals surface area (Å²) in [5.74, 6) is -3.30. The van der Waals surface area contributed by atoms with Crippen LogP contribution < -0.4 is 0 Å². The van der Waals surface area contributed by atoms with Crippen molar-refractivity contribution in [2.75, 3.05) is 33.0 Å². The lowest BCUT2D eigenvalue weighted by Crippen LogP contribution is -2.69. The zero-order valence-electron chi connectivity index (χ0n) is 55.9. The van der Waals surface area contributed by atoms with Crippen LogP contribution in [0.25, 0.3) is 0 Å². The van der Waals surface area contributed by atoms with Gasteiger partial charge in [0.15, 0.2) is 97.8 Å². The predicted molar refractivity (Wildman–Crippen MR) is 346 cm³/mol. The molecule has 0 aliphatic carbocycles. The molecule has 0 spiro atoms. The smallest absolute Gasteiger partial charge is 0.223 e. The number of hydrogen-bond acceptors (Lipinski definition) is 16. The van der Waals surface area contributed by atoms with Crippen molar-refractivity contribution in [3.8, 4) is 0 Å². The van der Waals surface area contributed by atoms with E-state index in [2.05, 4.69) is 216 Å². The van der Waals surface area contributed by atoms with Crippen molar-refractivity contribution in [2.24, 2.45) is 0 Å². The summed E-state index contributed by atoms with van der Waals surface area (Å²) in [5, 5.41) is 0. The second kappa shape index (κ2) is 26.6. The van der Waals surface area contributed by atoms with E-state index in [-0.39, 0.29) is 26.4 Å². The fourth-order valence-electron chi connectivity index (χ4n) is 9.08. The standard InChI is InChI=1S/C51H120O16Si11/c1-68(2,3)53-34-39-42(61-72(13,14)15)45(64-75(22,23)24)46(65-76(25,26)27)49(57-39)60-51(48(67-78(31,32)33)44(63-74(19,20)21)41(59-51)36-55-70(7,8)9)37-52-50(38-56-71(10,11)12)47(66-77(28,29)30)43(62-73(16,17)18)40(58-50)35-54-69(4,5)6/h39-49H,34-38H2,1-33H3/t39-,40-,41-,42-,43-,44-,45+,46-,47+,48+,49-,50-,51+/m0/s1. The molecule has 16 nitrogen and oxygen atoms in total. The zero-order valence-corrected chi connectivity index (χ0v) is 66.9. The first kappa shape index (κ1) is 74.0. The molecule has 13 atom stereocenters. The quantitative estimate of drug-likeness (QED) is 0.0606. The maximum atomic E-state index is 7.96. The van der Waals surface area contributed by atoms with Gasteiger partial charge in [-0.15, -0.1) is 0 Å². The fourth-order valence-corrected chi connectivity index (χ4v) is 19.3. The Morgan fingerprint density at radius 3 is 0.923 bits per heavy atom. The molecule has 464 valence electrons. The Morgan fingerprint density at radius 2 is 0.577 bits per heavy atom.